The molecule has 0 bridgehead atoms. The fourth-order valence-corrected chi connectivity index (χ4v) is 2.51. The molecule has 2 heterocycles. The van der Waals surface area contributed by atoms with Crippen LogP contribution in [0.3, 0.4) is 0 Å². The van der Waals surface area contributed by atoms with Gasteiger partial charge in [-0.3, -0.25) is 9.89 Å². The predicted molar refractivity (Wildman–Crippen MR) is 71.0 cm³/mol. The van der Waals surface area contributed by atoms with Crippen LogP contribution in [-0.4, -0.2) is 14.6 Å². The van der Waals surface area contributed by atoms with Crippen LogP contribution in [0.5, 0.6) is 0 Å². The fraction of sp³-hybridized carbons (Fsp3) is 0.429. The number of hydrogen-bond acceptors (Lipinski definition) is 2. The summed E-state index contributed by atoms with van der Waals surface area (Å²) in [5, 5.41) is 2.98. The Morgan fingerprint density at radius 1 is 1.50 bits per heavy atom. The highest BCUT2D eigenvalue weighted by Crippen LogP contribution is 2.27. The minimum absolute atomic E-state index is 0.0257. The van der Waals surface area contributed by atoms with Crippen LogP contribution in [0.25, 0.3) is 5.65 Å². The number of H-pyrrole nitrogens is 1. The summed E-state index contributed by atoms with van der Waals surface area (Å²) >= 11 is 0. The van der Waals surface area contributed by atoms with Crippen molar-refractivity contribution < 1.29 is 0 Å². The first-order valence-electron chi connectivity index (χ1n) is 6.44. The van der Waals surface area contributed by atoms with Crippen molar-refractivity contribution in [2.45, 2.75) is 38.5 Å². The fourth-order valence-electron chi connectivity index (χ4n) is 2.51. The van der Waals surface area contributed by atoms with E-state index in [1.165, 1.54) is 4.52 Å². The molecule has 2 aromatic heterocycles. The lowest BCUT2D eigenvalue weighted by Gasteiger charge is -2.08. The van der Waals surface area contributed by atoms with Gasteiger partial charge < -0.3 is 0 Å². The standard InChI is InChI=1S/C14H17N3O/c1-9(2)11-8-15-17-13(18)7-12(16-14(11)17)10-5-3-4-6-10/h3,5,7-10,15H,4,6H2,1-2H3. The zero-order valence-corrected chi connectivity index (χ0v) is 10.7. The lowest BCUT2D eigenvalue weighted by Crippen LogP contribution is -2.16. The van der Waals surface area contributed by atoms with Gasteiger partial charge in [0, 0.05) is 23.7 Å². The molecule has 0 saturated carbocycles. The number of allylic oxidation sites excluding steroid dienone is 2. The molecule has 94 valence electrons. The van der Waals surface area contributed by atoms with E-state index < -0.39 is 0 Å². The molecular formula is C14H17N3O. The minimum atomic E-state index is -0.0257. The van der Waals surface area contributed by atoms with Crippen LogP contribution >= 0.6 is 0 Å². The molecule has 0 saturated heterocycles. The number of hydrogen-bond donors (Lipinski definition) is 1. The second-order valence-corrected chi connectivity index (χ2v) is 5.17. The summed E-state index contributed by atoms with van der Waals surface area (Å²) in [5.41, 5.74) is 2.74. The van der Waals surface area contributed by atoms with E-state index in [1.54, 1.807) is 6.07 Å². The molecule has 4 heteroatoms. The van der Waals surface area contributed by atoms with Crippen molar-refractivity contribution in [3.63, 3.8) is 0 Å². The van der Waals surface area contributed by atoms with Crippen LogP contribution in [0.2, 0.25) is 0 Å². The Morgan fingerprint density at radius 3 is 3.00 bits per heavy atom. The highest BCUT2D eigenvalue weighted by Gasteiger charge is 2.17. The number of fused-ring (bicyclic) bond motifs is 1. The van der Waals surface area contributed by atoms with E-state index in [9.17, 15) is 4.79 Å². The van der Waals surface area contributed by atoms with E-state index in [1.807, 2.05) is 6.20 Å². The van der Waals surface area contributed by atoms with Crippen LogP contribution in [0.15, 0.2) is 29.2 Å². The Bertz CT molecular complexity index is 663. The molecule has 1 unspecified atom stereocenters. The Labute approximate surface area is 105 Å². The molecule has 0 aliphatic heterocycles. The summed E-state index contributed by atoms with van der Waals surface area (Å²) in [4.78, 5) is 16.7. The van der Waals surface area contributed by atoms with Crippen molar-refractivity contribution in [2.24, 2.45) is 0 Å². The minimum Gasteiger partial charge on any atom is -0.297 e. The van der Waals surface area contributed by atoms with E-state index >= 15 is 0 Å². The van der Waals surface area contributed by atoms with Gasteiger partial charge in [-0.25, -0.2) is 9.50 Å². The van der Waals surface area contributed by atoms with Gasteiger partial charge in [0.1, 0.15) is 0 Å². The SMILES string of the molecule is CC(C)c1c[nH]n2c(=O)cc(C3C=CCC3)nc12. The number of rotatable bonds is 2. The van der Waals surface area contributed by atoms with Gasteiger partial charge in [-0.05, 0) is 18.8 Å². The first-order valence-corrected chi connectivity index (χ1v) is 6.44. The molecule has 1 atom stereocenters. The van der Waals surface area contributed by atoms with Crippen molar-refractivity contribution in [1.82, 2.24) is 14.6 Å². The zero-order valence-electron chi connectivity index (χ0n) is 10.7. The number of nitrogens with one attached hydrogen (secondary N) is 1. The smallest absolute Gasteiger partial charge is 0.272 e. The predicted octanol–water partition coefficient (Wildman–Crippen LogP) is 2.58. The average molecular weight is 243 g/mol. The van der Waals surface area contributed by atoms with Gasteiger partial charge in [0.2, 0.25) is 0 Å². The first-order chi connectivity index (χ1) is 8.66. The molecule has 1 N–H and O–H groups in total. The zero-order chi connectivity index (χ0) is 12.7. The maximum atomic E-state index is 12.1. The van der Waals surface area contributed by atoms with Gasteiger partial charge >= 0.3 is 0 Å². The molecule has 0 radical (unpaired) electrons. The molecule has 0 aromatic carbocycles. The summed E-state index contributed by atoms with van der Waals surface area (Å²) in [6, 6.07) is 1.65. The third-order valence-corrected chi connectivity index (χ3v) is 3.56. The van der Waals surface area contributed by atoms with Crippen LogP contribution in [0.1, 0.15) is 49.8 Å². The van der Waals surface area contributed by atoms with Crippen LogP contribution < -0.4 is 5.56 Å². The molecule has 1 aliphatic carbocycles. The monoisotopic (exact) mass is 243 g/mol. The number of aromatic nitrogens is 3. The summed E-state index contributed by atoms with van der Waals surface area (Å²) < 4.78 is 1.53. The van der Waals surface area contributed by atoms with Crippen molar-refractivity contribution >= 4 is 5.65 Å². The molecule has 2 aromatic rings. The van der Waals surface area contributed by atoms with Crippen LogP contribution in [0, 0.1) is 0 Å². The van der Waals surface area contributed by atoms with Crippen LogP contribution in [-0.2, 0) is 0 Å². The van der Waals surface area contributed by atoms with Gasteiger partial charge in [-0.2, -0.15) is 0 Å². The average Bonchev–Trinajstić information content (AvgIpc) is 2.97. The quantitative estimate of drug-likeness (QED) is 0.824. The summed E-state index contributed by atoms with van der Waals surface area (Å²) in [5.74, 6) is 0.658. The summed E-state index contributed by atoms with van der Waals surface area (Å²) in [7, 11) is 0. The molecule has 3 rings (SSSR count). The van der Waals surface area contributed by atoms with Crippen molar-refractivity contribution in [3.05, 3.63) is 46.0 Å². The van der Waals surface area contributed by atoms with Crippen molar-refractivity contribution in [3.8, 4) is 0 Å². The Hall–Kier alpha value is -1.84. The molecule has 0 spiro atoms. The number of nitrogens with zero attached hydrogens (tertiary/aromatic N) is 2. The van der Waals surface area contributed by atoms with Gasteiger partial charge in [-0.1, -0.05) is 26.0 Å². The van der Waals surface area contributed by atoms with E-state index in [-0.39, 0.29) is 5.56 Å². The van der Waals surface area contributed by atoms with Gasteiger partial charge in [0.05, 0.1) is 5.69 Å². The van der Waals surface area contributed by atoms with Gasteiger partial charge in [-0.15, -0.1) is 0 Å². The Kier molecular flexibility index (Phi) is 2.58. The lowest BCUT2D eigenvalue weighted by molar-refractivity contribution is 0.759. The Morgan fingerprint density at radius 2 is 2.33 bits per heavy atom. The van der Waals surface area contributed by atoms with E-state index in [4.69, 9.17) is 0 Å². The third-order valence-electron chi connectivity index (χ3n) is 3.56. The lowest BCUT2D eigenvalue weighted by atomic mass is 10.0. The summed E-state index contributed by atoms with van der Waals surface area (Å²) in [6.45, 7) is 4.22. The third kappa shape index (κ3) is 1.68. The summed E-state index contributed by atoms with van der Waals surface area (Å²) in [6.07, 6.45) is 8.33. The Balaban J connectivity index is 2.20. The van der Waals surface area contributed by atoms with E-state index in [0.717, 1.165) is 29.7 Å². The topological polar surface area (TPSA) is 50.2 Å². The largest absolute Gasteiger partial charge is 0.297 e. The second kappa shape index (κ2) is 4.12. The normalized spacial score (nSPS) is 19.2. The first kappa shape index (κ1) is 11.3. The van der Waals surface area contributed by atoms with Gasteiger partial charge in [0.25, 0.3) is 5.56 Å². The molecule has 0 fully saturated rings. The van der Waals surface area contributed by atoms with Gasteiger partial charge in [0.15, 0.2) is 5.65 Å². The van der Waals surface area contributed by atoms with E-state index in [2.05, 4.69) is 36.1 Å². The molecule has 1 aliphatic rings. The second-order valence-electron chi connectivity index (χ2n) is 5.17. The maximum absolute atomic E-state index is 12.1. The maximum Gasteiger partial charge on any atom is 0.272 e. The van der Waals surface area contributed by atoms with Crippen LogP contribution in [0.4, 0.5) is 0 Å². The molecule has 18 heavy (non-hydrogen) atoms. The molecule has 4 nitrogen and oxygen atoms in total. The number of aromatic amines is 1. The highest BCUT2D eigenvalue weighted by molar-refractivity contribution is 5.48. The van der Waals surface area contributed by atoms with Crippen molar-refractivity contribution in [2.75, 3.05) is 0 Å². The van der Waals surface area contributed by atoms with E-state index in [0.29, 0.717) is 11.8 Å². The van der Waals surface area contributed by atoms with Crippen molar-refractivity contribution in [1.29, 1.82) is 0 Å². The molecular weight excluding hydrogens is 226 g/mol. The molecule has 0 amide bonds. The highest BCUT2D eigenvalue weighted by atomic mass is 16.1.